The average molecular weight is 241 g/mol. The summed E-state index contributed by atoms with van der Waals surface area (Å²) in [7, 11) is 0. The van der Waals surface area contributed by atoms with Crippen molar-refractivity contribution in [1.29, 1.82) is 0 Å². The number of fused-ring (bicyclic) bond motifs is 1. The fraction of sp³-hybridized carbons (Fsp3) is 0.200. The molecule has 1 heterocycles. The Bertz CT molecular complexity index is 564. The molecule has 1 unspecified atom stereocenters. The van der Waals surface area contributed by atoms with E-state index in [1.807, 2.05) is 0 Å². The highest BCUT2D eigenvalue weighted by atomic mass is 35.5. The Morgan fingerprint density at radius 1 is 1.62 bits per heavy atom. The van der Waals surface area contributed by atoms with Crippen molar-refractivity contribution < 1.29 is 14.3 Å². The minimum Gasteiger partial charge on any atom is -0.480 e. The third kappa shape index (κ3) is 1.75. The summed E-state index contributed by atoms with van der Waals surface area (Å²) in [5.74, 6) is -0.645. The van der Waals surface area contributed by atoms with Crippen LogP contribution in [0.15, 0.2) is 16.5 Å². The van der Waals surface area contributed by atoms with Gasteiger partial charge in [0, 0.05) is 6.92 Å². The Labute approximate surface area is 95.8 Å². The highest BCUT2D eigenvalue weighted by Crippen LogP contribution is 2.28. The molecule has 84 valence electrons. The summed E-state index contributed by atoms with van der Waals surface area (Å²) in [6, 6.07) is 1.93. The summed E-state index contributed by atoms with van der Waals surface area (Å²) < 4.78 is 5.26. The first-order valence-corrected chi connectivity index (χ1v) is 4.92. The SMILES string of the molecule is Cc1nc2cc(C(N)C(=O)O)cc(Cl)c2o1. The van der Waals surface area contributed by atoms with E-state index < -0.39 is 12.0 Å². The van der Waals surface area contributed by atoms with Crippen molar-refractivity contribution in [2.75, 3.05) is 0 Å². The summed E-state index contributed by atoms with van der Waals surface area (Å²) in [5.41, 5.74) is 6.84. The molecule has 2 aromatic rings. The van der Waals surface area contributed by atoms with Crippen LogP contribution in [0.5, 0.6) is 0 Å². The summed E-state index contributed by atoms with van der Waals surface area (Å²) in [6.07, 6.45) is 0. The number of hydrogen-bond donors (Lipinski definition) is 2. The number of aliphatic carboxylic acids is 1. The van der Waals surface area contributed by atoms with Gasteiger partial charge in [-0.05, 0) is 17.7 Å². The zero-order chi connectivity index (χ0) is 11.9. The van der Waals surface area contributed by atoms with Crippen LogP contribution in [0.4, 0.5) is 0 Å². The van der Waals surface area contributed by atoms with Crippen LogP contribution in [-0.2, 0) is 4.79 Å². The Balaban J connectivity index is 2.61. The Morgan fingerprint density at radius 3 is 2.94 bits per heavy atom. The van der Waals surface area contributed by atoms with Crippen molar-refractivity contribution in [3.05, 3.63) is 28.6 Å². The minimum atomic E-state index is -1.12. The highest BCUT2D eigenvalue weighted by Gasteiger charge is 2.17. The first kappa shape index (κ1) is 10.9. The maximum atomic E-state index is 10.7. The van der Waals surface area contributed by atoms with Gasteiger partial charge < -0.3 is 15.3 Å². The summed E-state index contributed by atoms with van der Waals surface area (Å²) >= 11 is 5.94. The molecule has 1 atom stereocenters. The molecule has 0 spiro atoms. The third-order valence-electron chi connectivity index (χ3n) is 2.20. The van der Waals surface area contributed by atoms with E-state index in [2.05, 4.69) is 4.98 Å². The maximum absolute atomic E-state index is 10.7. The van der Waals surface area contributed by atoms with Crippen LogP contribution < -0.4 is 5.73 Å². The second-order valence-electron chi connectivity index (χ2n) is 3.40. The van der Waals surface area contributed by atoms with E-state index in [-0.39, 0.29) is 0 Å². The molecule has 0 amide bonds. The van der Waals surface area contributed by atoms with Crippen molar-refractivity contribution in [2.24, 2.45) is 5.73 Å². The zero-order valence-corrected chi connectivity index (χ0v) is 9.15. The van der Waals surface area contributed by atoms with Gasteiger partial charge in [-0.3, -0.25) is 4.79 Å². The maximum Gasteiger partial charge on any atom is 0.325 e. The Kier molecular flexibility index (Phi) is 2.57. The largest absolute Gasteiger partial charge is 0.480 e. The van der Waals surface area contributed by atoms with Crippen molar-refractivity contribution in [3.8, 4) is 0 Å². The molecule has 0 saturated carbocycles. The van der Waals surface area contributed by atoms with Gasteiger partial charge in [-0.1, -0.05) is 11.6 Å². The van der Waals surface area contributed by atoms with E-state index in [1.165, 1.54) is 6.07 Å². The molecule has 2 rings (SSSR count). The van der Waals surface area contributed by atoms with Crippen LogP contribution in [0.25, 0.3) is 11.1 Å². The van der Waals surface area contributed by atoms with Crippen LogP contribution in [0.1, 0.15) is 17.5 Å². The number of carboxylic acids is 1. The molecule has 16 heavy (non-hydrogen) atoms. The van der Waals surface area contributed by atoms with Crippen molar-refractivity contribution in [1.82, 2.24) is 4.98 Å². The molecule has 0 radical (unpaired) electrons. The predicted molar refractivity (Wildman–Crippen MR) is 58.3 cm³/mol. The average Bonchev–Trinajstić information content (AvgIpc) is 2.57. The fourth-order valence-electron chi connectivity index (χ4n) is 1.45. The molecule has 1 aromatic carbocycles. The monoisotopic (exact) mass is 240 g/mol. The quantitative estimate of drug-likeness (QED) is 0.837. The molecule has 6 heteroatoms. The lowest BCUT2D eigenvalue weighted by molar-refractivity contribution is -0.138. The highest BCUT2D eigenvalue weighted by molar-refractivity contribution is 6.34. The number of nitrogens with zero attached hydrogens (tertiary/aromatic N) is 1. The third-order valence-corrected chi connectivity index (χ3v) is 2.48. The van der Waals surface area contributed by atoms with Gasteiger partial charge >= 0.3 is 5.97 Å². The van der Waals surface area contributed by atoms with Gasteiger partial charge in [-0.15, -0.1) is 0 Å². The number of hydrogen-bond acceptors (Lipinski definition) is 4. The van der Waals surface area contributed by atoms with Crippen molar-refractivity contribution in [2.45, 2.75) is 13.0 Å². The second-order valence-corrected chi connectivity index (χ2v) is 3.81. The van der Waals surface area contributed by atoms with Crippen LogP contribution in [-0.4, -0.2) is 16.1 Å². The van der Waals surface area contributed by atoms with Crippen LogP contribution >= 0.6 is 11.6 Å². The molecule has 0 bridgehead atoms. The van der Waals surface area contributed by atoms with E-state index in [1.54, 1.807) is 13.0 Å². The molecule has 0 fully saturated rings. The number of benzene rings is 1. The number of halogens is 1. The number of oxazole rings is 1. The summed E-state index contributed by atoms with van der Waals surface area (Å²) in [6.45, 7) is 1.69. The molecule has 0 aliphatic carbocycles. The lowest BCUT2D eigenvalue weighted by Crippen LogP contribution is -2.20. The number of aryl methyl sites for hydroxylation is 1. The molecule has 0 saturated heterocycles. The molecular weight excluding hydrogens is 232 g/mol. The molecule has 3 N–H and O–H groups in total. The Morgan fingerprint density at radius 2 is 2.31 bits per heavy atom. The molecule has 0 aliphatic rings. The van der Waals surface area contributed by atoms with E-state index in [4.69, 9.17) is 26.9 Å². The zero-order valence-electron chi connectivity index (χ0n) is 8.40. The normalized spacial score (nSPS) is 12.9. The number of rotatable bonds is 2. The van der Waals surface area contributed by atoms with Crippen LogP contribution in [0, 0.1) is 6.92 Å². The van der Waals surface area contributed by atoms with Gasteiger partial charge in [-0.25, -0.2) is 4.98 Å². The van der Waals surface area contributed by atoms with Gasteiger partial charge in [0.25, 0.3) is 0 Å². The first-order valence-electron chi connectivity index (χ1n) is 4.54. The van der Waals surface area contributed by atoms with Gasteiger partial charge in [0.15, 0.2) is 11.5 Å². The predicted octanol–water partition coefficient (Wildman–Crippen LogP) is 1.87. The number of carbonyl (C=O) groups is 1. The summed E-state index contributed by atoms with van der Waals surface area (Å²) in [5, 5.41) is 9.10. The molecule has 0 aliphatic heterocycles. The van der Waals surface area contributed by atoms with Crippen molar-refractivity contribution >= 4 is 28.7 Å². The standard InChI is InChI=1S/C10H9ClN2O3/c1-4-13-7-3-5(8(12)10(14)15)2-6(11)9(7)16-4/h2-3,8H,12H2,1H3,(H,14,15). The van der Waals surface area contributed by atoms with E-state index >= 15 is 0 Å². The van der Waals surface area contributed by atoms with E-state index in [0.717, 1.165) is 0 Å². The lowest BCUT2D eigenvalue weighted by atomic mass is 10.1. The van der Waals surface area contributed by atoms with Gasteiger partial charge in [-0.2, -0.15) is 0 Å². The first-order chi connectivity index (χ1) is 7.49. The number of carboxylic acid groups (broad SMARTS) is 1. The van der Waals surface area contributed by atoms with E-state index in [0.29, 0.717) is 27.6 Å². The number of aromatic nitrogens is 1. The molecule has 5 nitrogen and oxygen atoms in total. The number of nitrogens with two attached hydrogens (primary N) is 1. The van der Waals surface area contributed by atoms with Crippen LogP contribution in [0.2, 0.25) is 5.02 Å². The molecular formula is C10H9ClN2O3. The smallest absolute Gasteiger partial charge is 0.325 e. The lowest BCUT2D eigenvalue weighted by Gasteiger charge is -2.06. The van der Waals surface area contributed by atoms with Crippen LogP contribution in [0.3, 0.4) is 0 Å². The van der Waals surface area contributed by atoms with Crippen molar-refractivity contribution in [3.63, 3.8) is 0 Å². The summed E-state index contributed by atoms with van der Waals surface area (Å²) in [4.78, 5) is 14.8. The minimum absolute atomic E-state index is 0.310. The molecule has 1 aromatic heterocycles. The Hall–Kier alpha value is -1.59. The van der Waals surface area contributed by atoms with Gasteiger partial charge in [0.1, 0.15) is 11.6 Å². The topological polar surface area (TPSA) is 89.3 Å². The van der Waals surface area contributed by atoms with Gasteiger partial charge in [0.05, 0.1) is 5.02 Å². The van der Waals surface area contributed by atoms with Gasteiger partial charge in [0.2, 0.25) is 0 Å². The fourth-order valence-corrected chi connectivity index (χ4v) is 1.71. The second kappa shape index (κ2) is 3.77. The van der Waals surface area contributed by atoms with E-state index in [9.17, 15) is 4.79 Å².